The number of nitrogens with two attached hydrogens (primary N) is 1. The van der Waals surface area contributed by atoms with Crippen molar-refractivity contribution in [3.05, 3.63) is 34.1 Å². The van der Waals surface area contributed by atoms with E-state index >= 15 is 0 Å². The van der Waals surface area contributed by atoms with Crippen LogP contribution < -0.4 is 10.5 Å². The number of benzene rings is 1. The third kappa shape index (κ3) is 5.03. The predicted molar refractivity (Wildman–Crippen MR) is 75.7 cm³/mol. The molecule has 0 fully saturated rings. The van der Waals surface area contributed by atoms with Crippen molar-refractivity contribution < 1.29 is 17.7 Å². The largest absolute Gasteiger partial charge is 0.327 e. The summed E-state index contributed by atoms with van der Waals surface area (Å²) in [5, 5.41) is 10.6. The van der Waals surface area contributed by atoms with Gasteiger partial charge in [-0.05, 0) is 24.5 Å². The van der Waals surface area contributed by atoms with E-state index in [0.717, 1.165) is 12.1 Å². The van der Waals surface area contributed by atoms with E-state index in [-0.39, 0.29) is 17.5 Å². The third-order valence-electron chi connectivity index (χ3n) is 2.73. The second-order valence-corrected chi connectivity index (χ2v) is 6.88. The van der Waals surface area contributed by atoms with Crippen LogP contribution in [0.4, 0.5) is 10.1 Å². The van der Waals surface area contributed by atoms with Crippen LogP contribution in [0.1, 0.15) is 20.3 Å². The fourth-order valence-electron chi connectivity index (χ4n) is 1.79. The van der Waals surface area contributed by atoms with Crippen LogP contribution in [-0.2, 0) is 10.0 Å². The molecule has 0 bridgehead atoms. The van der Waals surface area contributed by atoms with E-state index in [1.54, 1.807) is 0 Å². The minimum Gasteiger partial charge on any atom is -0.327 e. The summed E-state index contributed by atoms with van der Waals surface area (Å²) in [7, 11) is -3.97. The van der Waals surface area contributed by atoms with Gasteiger partial charge < -0.3 is 5.73 Å². The van der Waals surface area contributed by atoms with Crippen LogP contribution in [0.15, 0.2) is 23.1 Å². The van der Waals surface area contributed by atoms with Gasteiger partial charge in [-0.3, -0.25) is 10.1 Å². The van der Waals surface area contributed by atoms with Crippen molar-refractivity contribution in [3.63, 3.8) is 0 Å². The molecule has 0 radical (unpaired) electrons. The molecule has 0 saturated carbocycles. The molecular weight excluding hydrogens is 301 g/mol. The molecule has 3 N–H and O–H groups in total. The van der Waals surface area contributed by atoms with Crippen LogP contribution >= 0.6 is 0 Å². The molecule has 0 saturated heterocycles. The van der Waals surface area contributed by atoms with Gasteiger partial charge in [-0.15, -0.1) is 0 Å². The van der Waals surface area contributed by atoms with Crippen molar-refractivity contribution in [1.29, 1.82) is 0 Å². The molecule has 0 aliphatic rings. The Balaban J connectivity index is 2.88. The highest BCUT2D eigenvalue weighted by atomic mass is 32.2. The van der Waals surface area contributed by atoms with Crippen molar-refractivity contribution >= 4 is 15.7 Å². The Kier molecular flexibility index (Phi) is 5.76. The first kappa shape index (κ1) is 17.5. The zero-order chi connectivity index (χ0) is 16.2. The van der Waals surface area contributed by atoms with E-state index < -0.39 is 26.5 Å². The molecule has 1 atom stereocenters. The summed E-state index contributed by atoms with van der Waals surface area (Å²) in [6.07, 6.45) is 0.631. The molecule has 118 valence electrons. The van der Waals surface area contributed by atoms with Gasteiger partial charge in [-0.2, -0.15) is 4.39 Å². The molecule has 21 heavy (non-hydrogen) atoms. The van der Waals surface area contributed by atoms with E-state index in [2.05, 4.69) is 4.72 Å². The number of nitro groups is 1. The maximum absolute atomic E-state index is 13.2. The maximum Gasteiger partial charge on any atom is 0.306 e. The van der Waals surface area contributed by atoms with Crippen LogP contribution in [0.5, 0.6) is 0 Å². The molecule has 1 aromatic carbocycles. The Hall–Kier alpha value is -1.58. The highest BCUT2D eigenvalue weighted by molar-refractivity contribution is 7.89. The molecule has 1 rings (SSSR count). The summed E-state index contributed by atoms with van der Waals surface area (Å²) in [5.41, 5.74) is 4.88. The van der Waals surface area contributed by atoms with E-state index in [4.69, 9.17) is 5.73 Å². The third-order valence-corrected chi connectivity index (χ3v) is 4.16. The highest BCUT2D eigenvalue weighted by Gasteiger charge is 2.22. The van der Waals surface area contributed by atoms with Crippen molar-refractivity contribution in [2.24, 2.45) is 11.7 Å². The normalized spacial score (nSPS) is 13.4. The standard InChI is InChI=1S/C12H18FN3O4S/c1-8(2)5-9(14)7-15-21(19,20)10-3-4-11(13)12(6-10)16(17)18/h3-4,6,8-9,15H,5,7,14H2,1-2H3. The topological polar surface area (TPSA) is 115 Å². The van der Waals surface area contributed by atoms with Gasteiger partial charge in [0.2, 0.25) is 15.8 Å². The minimum atomic E-state index is -3.97. The Morgan fingerprint density at radius 3 is 2.57 bits per heavy atom. The average Bonchev–Trinajstić information content (AvgIpc) is 2.35. The lowest BCUT2D eigenvalue weighted by Gasteiger charge is -2.15. The van der Waals surface area contributed by atoms with Gasteiger partial charge in [0, 0.05) is 18.7 Å². The molecule has 0 heterocycles. The monoisotopic (exact) mass is 319 g/mol. The molecule has 0 aliphatic heterocycles. The van der Waals surface area contributed by atoms with Crippen molar-refractivity contribution in [3.8, 4) is 0 Å². The molecule has 1 aromatic rings. The quantitative estimate of drug-likeness (QED) is 0.582. The lowest BCUT2D eigenvalue weighted by molar-refractivity contribution is -0.387. The van der Waals surface area contributed by atoms with Gasteiger partial charge in [0.05, 0.1) is 9.82 Å². The first-order chi connectivity index (χ1) is 9.63. The summed E-state index contributed by atoms with van der Waals surface area (Å²) >= 11 is 0. The number of hydrogen-bond acceptors (Lipinski definition) is 5. The second kappa shape index (κ2) is 6.92. The molecule has 0 aromatic heterocycles. The van der Waals surface area contributed by atoms with Gasteiger partial charge in [0.15, 0.2) is 0 Å². The smallest absolute Gasteiger partial charge is 0.306 e. The Morgan fingerprint density at radius 2 is 2.05 bits per heavy atom. The van der Waals surface area contributed by atoms with Crippen LogP contribution in [0.25, 0.3) is 0 Å². The lowest BCUT2D eigenvalue weighted by atomic mass is 10.1. The van der Waals surface area contributed by atoms with E-state index in [9.17, 15) is 22.9 Å². The Labute approximate surface area is 122 Å². The van der Waals surface area contributed by atoms with Crippen LogP contribution in [0.3, 0.4) is 0 Å². The number of rotatable bonds is 7. The number of sulfonamides is 1. The second-order valence-electron chi connectivity index (χ2n) is 5.11. The minimum absolute atomic E-state index is 0.00564. The van der Waals surface area contributed by atoms with Crippen LogP contribution in [0.2, 0.25) is 0 Å². The number of nitrogens with one attached hydrogen (secondary N) is 1. The molecule has 0 aliphatic carbocycles. The van der Waals surface area contributed by atoms with E-state index in [1.165, 1.54) is 0 Å². The number of nitro benzene ring substituents is 1. The SMILES string of the molecule is CC(C)CC(N)CNS(=O)(=O)c1ccc(F)c([N+](=O)[O-])c1. The Morgan fingerprint density at radius 1 is 1.43 bits per heavy atom. The van der Waals surface area contributed by atoms with E-state index in [1.807, 2.05) is 13.8 Å². The Bertz CT molecular complexity index is 619. The summed E-state index contributed by atoms with van der Waals surface area (Å²) in [6, 6.07) is 2.04. The molecule has 0 amide bonds. The van der Waals surface area contributed by atoms with Crippen LogP contribution in [0, 0.1) is 21.8 Å². The maximum atomic E-state index is 13.2. The van der Waals surface area contributed by atoms with Crippen molar-refractivity contribution in [2.45, 2.75) is 31.2 Å². The van der Waals surface area contributed by atoms with Crippen molar-refractivity contribution in [2.75, 3.05) is 6.54 Å². The molecule has 1 unspecified atom stereocenters. The summed E-state index contributed by atoms with van der Waals surface area (Å²) in [4.78, 5) is 9.28. The average molecular weight is 319 g/mol. The summed E-state index contributed by atoms with van der Waals surface area (Å²) < 4.78 is 39.5. The predicted octanol–water partition coefficient (Wildman–Crippen LogP) is 1.39. The zero-order valence-electron chi connectivity index (χ0n) is 11.7. The molecule has 9 heteroatoms. The van der Waals surface area contributed by atoms with Crippen molar-refractivity contribution in [1.82, 2.24) is 4.72 Å². The molecular formula is C12H18FN3O4S. The number of nitrogens with zero attached hydrogens (tertiary/aromatic N) is 1. The fourth-order valence-corrected chi connectivity index (χ4v) is 2.90. The summed E-state index contributed by atoms with van der Waals surface area (Å²) in [6.45, 7) is 3.92. The van der Waals surface area contributed by atoms with Gasteiger partial charge in [0.25, 0.3) is 0 Å². The van der Waals surface area contributed by atoms with Gasteiger partial charge >= 0.3 is 5.69 Å². The number of halogens is 1. The lowest BCUT2D eigenvalue weighted by Crippen LogP contribution is -2.38. The molecule has 7 nitrogen and oxygen atoms in total. The van der Waals surface area contributed by atoms with Gasteiger partial charge in [0.1, 0.15) is 0 Å². The molecule has 0 spiro atoms. The fraction of sp³-hybridized carbons (Fsp3) is 0.500. The number of hydrogen-bond donors (Lipinski definition) is 2. The summed E-state index contributed by atoms with van der Waals surface area (Å²) in [5.74, 6) is -0.771. The highest BCUT2D eigenvalue weighted by Crippen LogP contribution is 2.21. The van der Waals surface area contributed by atoms with Gasteiger partial charge in [-0.1, -0.05) is 13.8 Å². The van der Waals surface area contributed by atoms with E-state index in [0.29, 0.717) is 18.4 Å². The van der Waals surface area contributed by atoms with Crippen LogP contribution in [-0.4, -0.2) is 25.9 Å². The zero-order valence-corrected chi connectivity index (χ0v) is 12.6. The first-order valence-corrected chi connectivity index (χ1v) is 7.81. The van der Waals surface area contributed by atoms with Gasteiger partial charge in [-0.25, -0.2) is 13.1 Å². The first-order valence-electron chi connectivity index (χ1n) is 6.32.